The van der Waals surface area contributed by atoms with Gasteiger partial charge >= 0.3 is 0 Å². The molecule has 2 rings (SSSR count). The first kappa shape index (κ1) is 9.54. The Labute approximate surface area is 87.2 Å². The Morgan fingerprint density at radius 1 is 1.33 bits per heavy atom. The maximum Gasteiger partial charge on any atom is 0.139 e. The summed E-state index contributed by atoms with van der Waals surface area (Å²) in [5.41, 5.74) is 1.03. The van der Waals surface area contributed by atoms with Crippen LogP contribution in [0.4, 0.5) is 4.39 Å². The third kappa shape index (κ3) is 1.42. The fraction of sp³-hybridized carbons (Fsp3) is 0.0769. The molecule has 1 N–H and O–H groups in total. The lowest BCUT2D eigenvalue weighted by Gasteiger charge is -2.06. The van der Waals surface area contributed by atoms with E-state index in [9.17, 15) is 9.50 Å². The van der Waals surface area contributed by atoms with Crippen molar-refractivity contribution in [2.24, 2.45) is 0 Å². The van der Waals surface area contributed by atoms with E-state index in [-0.39, 0.29) is 11.3 Å². The third-order valence-electron chi connectivity index (χ3n) is 2.39. The van der Waals surface area contributed by atoms with Gasteiger partial charge in [0.25, 0.3) is 0 Å². The Morgan fingerprint density at radius 3 is 2.73 bits per heavy atom. The summed E-state index contributed by atoms with van der Waals surface area (Å²) >= 11 is 0. The van der Waals surface area contributed by atoms with E-state index in [4.69, 9.17) is 6.42 Å². The van der Waals surface area contributed by atoms with E-state index in [1.165, 1.54) is 6.07 Å². The van der Waals surface area contributed by atoms with Crippen LogP contribution in [0.5, 0.6) is 5.75 Å². The number of aryl methyl sites for hydroxylation is 1. The van der Waals surface area contributed by atoms with E-state index < -0.39 is 5.82 Å². The second-order valence-corrected chi connectivity index (χ2v) is 3.43. The highest BCUT2D eigenvalue weighted by Crippen LogP contribution is 2.28. The number of aromatic hydroxyl groups is 1. The van der Waals surface area contributed by atoms with Crippen molar-refractivity contribution in [2.45, 2.75) is 6.92 Å². The molecule has 2 aromatic rings. The second kappa shape index (κ2) is 3.29. The minimum atomic E-state index is -0.404. The number of hydrogen-bond acceptors (Lipinski definition) is 1. The first-order chi connectivity index (χ1) is 7.13. The average Bonchev–Trinajstić information content (AvgIpc) is 2.18. The van der Waals surface area contributed by atoms with Crippen LogP contribution in [0.2, 0.25) is 0 Å². The van der Waals surface area contributed by atoms with Crippen molar-refractivity contribution < 1.29 is 9.50 Å². The molecule has 0 aliphatic carbocycles. The SMILES string of the molecule is C#Cc1c(F)ccc2cc(O)cc(C)c12. The van der Waals surface area contributed by atoms with E-state index in [1.807, 2.05) is 0 Å². The zero-order valence-corrected chi connectivity index (χ0v) is 8.21. The fourth-order valence-electron chi connectivity index (χ4n) is 1.77. The standard InChI is InChI=1S/C13H9FO/c1-3-11-12(14)5-4-9-7-10(15)6-8(2)13(9)11/h1,4-7,15H,2H3. The molecule has 2 aromatic carbocycles. The Morgan fingerprint density at radius 2 is 2.07 bits per heavy atom. The van der Waals surface area contributed by atoms with Crippen molar-refractivity contribution in [3.05, 3.63) is 41.2 Å². The number of terminal acetylenes is 1. The highest BCUT2D eigenvalue weighted by atomic mass is 19.1. The van der Waals surface area contributed by atoms with Crippen molar-refractivity contribution in [3.63, 3.8) is 0 Å². The second-order valence-electron chi connectivity index (χ2n) is 3.43. The third-order valence-corrected chi connectivity index (χ3v) is 2.39. The number of hydrogen-bond donors (Lipinski definition) is 1. The van der Waals surface area contributed by atoms with E-state index in [1.54, 1.807) is 25.1 Å². The number of phenols is 1. The normalized spacial score (nSPS) is 10.2. The van der Waals surface area contributed by atoms with Gasteiger partial charge in [0, 0.05) is 5.39 Å². The number of halogens is 1. The van der Waals surface area contributed by atoms with Crippen LogP contribution in [0.15, 0.2) is 24.3 Å². The zero-order chi connectivity index (χ0) is 11.0. The van der Waals surface area contributed by atoms with Crippen LogP contribution in [0, 0.1) is 25.1 Å². The van der Waals surface area contributed by atoms with Crippen LogP contribution in [-0.2, 0) is 0 Å². The molecule has 0 aliphatic rings. The van der Waals surface area contributed by atoms with E-state index in [0.717, 1.165) is 10.9 Å². The Hall–Kier alpha value is -2.01. The summed E-state index contributed by atoms with van der Waals surface area (Å²) < 4.78 is 13.4. The molecule has 74 valence electrons. The van der Waals surface area contributed by atoms with Gasteiger partial charge in [0.1, 0.15) is 11.6 Å². The van der Waals surface area contributed by atoms with Gasteiger partial charge in [0.15, 0.2) is 0 Å². The van der Waals surface area contributed by atoms with Crippen LogP contribution in [0.3, 0.4) is 0 Å². The van der Waals surface area contributed by atoms with Gasteiger partial charge in [0.05, 0.1) is 5.56 Å². The molecule has 0 saturated heterocycles. The number of phenolic OH excluding ortho intramolecular Hbond substituents is 1. The summed E-state index contributed by atoms with van der Waals surface area (Å²) in [5.74, 6) is 2.10. The molecule has 0 aromatic heterocycles. The predicted molar refractivity (Wildman–Crippen MR) is 58.2 cm³/mol. The molecule has 15 heavy (non-hydrogen) atoms. The van der Waals surface area contributed by atoms with Crippen LogP contribution in [0.25, 0.3) is 10.8 Å². The highest BCUT2D eigenvalue weighted by Gasteiger charge is 2.08. The van der Waals surface area contributed by atoms with Gasteiger partial charge in [0.2, 0.25) is 0 Å². The molecule has 1 nitrogen and oxygen atoms in total. The van der Waals surface area contributed by atoms with Gasteiger partial charge in [-0.05, 0) is 36.1 Å². The Balaban J connectivity index is 3.00. The summed E-state index contributed by atoms with van der Waals surface area (Å²) in [5, 5.41) is 10.8. The van der Waals surface area contributed by atoms with Crippen molar-refractivity contribution >= 4 is 10.8 Å². The molecule has 0 atom stereocenters. The molecular formula is C13H9FO. The van der Waals surface area contributed by atoms with Gasteiger partial charge in [-0.25, -0.2) is 4.39 Å². The topological polar surface area (TPSA) is 20.2 Å². The van der Waals surface area contributed by atoms with Crippen molar-refractivity contribution in [1.82, 2.24) is 0 Å². The number of fused-ring (bicyclic) bond motifs is 1. The lowest BCUT2D eigenvalue weighted by molar-refractivity contribution is 0.476. The molecule has 0 bridgehead atoms. The van der Waals surface area contributed by atoms with E-state index in [0.29, 0.717) is 5.39 Å². The fourth-order valence-corrected chi connectivity index (χ4v) is 1.77. The minimum Gasteiger partial charge on any atom is -0.508 e. The maximum absolute atomic E-state index is 13.4. The molecule has 0 unspecified atom stereocenters. The van der Waals surface area contributed by atoms with Crippen LogP contribution in [0.1, 0.15) is 11.1 Å². The van der Waals surface area contributed by atoms with Crippen molar-refractivity contribution in [2.75, 3.05) is 0 Å². The highest BCUT2D eigenvalue weighted by molar-refractivity contribution is 5.92. The van der Waals surface area contributed by atoms with Gasteiger partial charge in [-0.15, -0.1) is 6.42 Å². The quantitative estimate of drug-likeness (QED) is 0.648. The van der Waals surface area contributed by atoms with Gasteiger partial charge in [-0.1, -0.05) is 12.0 Å². The largest absolute Gasteiger partial charge is 0.508 e. The zero-order valence-electron chi connectivity index (χ0n) is 8.21. The minimum absolute atomic E-state index is 0.162. The Bertz CT molecular complexity index is 579. The predicted octanol–water partition coefficient (Wildman–Crippen LogP) is 2.97. The summed E-state index contributed by atoms with van der Waals surface area (Å²) in [6.45, 7) is 1.79. The monoisotopic (exact) mass is 200 g/mol. The molecule has 2 heteroatoms. The molecular weight excluding hydrogens is 191 g/mol. The molecule has 0 spiro atoms. The van der Waals surface area contributed by atoms with Gasteiger partial charge in [-0.2, -0.15) is 0 Å². The van der Waals surface area contributed by atoms with E-state index in [2.05, 4.69) is 5.92 Å². The lowest BCUT2D eigenvalue weighted by atomic mass is 9.99. The Kier molecular flexibility index (Phi) is 2.09. The first-order valence-electron chi connectivity index (χ1n) is 4.52. The van der Waals surface area contributed by atoms with Crippen molar-refractivity contribution in [1.29, 1.82) is 0 Å². The lowest BCUT2D eigenvalue weighted by Crippen LogP contribution is -1.89. The van der Waals surface area contributed by atoms with Crippen LogP contribution >= 0.6 is 0 Å². The molecule has 0 heterocycles. The van der Waals surface area contributed by atoms with Gasteiger partial charge in [-0.3, -0.25) is 0 Å². The smallest absolute Gasteiger partial charge is 0.139 e. The van der Waals surface area contributed by atoms with Crippen molar-refractivity contribution in [3.8, 4) is 18.1 Å². The first-order valence-corrected chi connectivity index (χ1v) is 4.52. The van der Waals surface area contributed by atoms with E-state index >= 15 is 0 Å². The summed E-state index contributed by atoms with van der Waals surface area (Å²) in [7, 11) is 0. The van der Waals surface area contributed by atoms with Gasteiger partial charge < -0.3 is 5.11 Å². The average molecular weight is 200 g/mol. The molecule has 0 fully saturated rings. The number of benzene rings is 2. The molecule has 0 aliphatic heterocycles. The summed E-state index contributed by atoms with van der Waals surface area (Å²) in [6.07, 6.45) is 5.27. The summed E-state index contributed by atoms with van der Waals surface area (Å²) in [6, 6.07) is 6.07. The molecule has 0 radical (unpaired) electrons. The summed E-state index contributed by atoms with van der Waals surface area (Å²) in [4.78, 5) is 0. The maximum atomic E-state index is 13.4. The molecule has 0 amide bonds. The van der Waals surface area contributed by atoms with Crippen LogP contribution < -0.4 is 0 Å². The number of rotatable bonds is 0. The molecule has 0 saturated carbocycles. The van der Waals surface area contributed by atoms with Crippen LogP contribution in [-0.4, -0.2) is 5.11 Å².